The molecule has 0 fully saturated rings. The first-order chi connectivity index (χ1) is 5.57. The van der Waals surface area contributed by atoms with E-state index in [0.29, 0.717) is 19.3 Å². The number of aliphatic carboxylic acids is 1. The Morgan fingerprint density at radius 2 is 1.92 bits per heavy atom. The number of carboxylic acids is 1. The quantitative estimate of drug-likeness (QED) is 0.665. The van der Waals surface area contributed by atoms with Crippen LogP contribution in [-0.4, -0.2) is 16.9 Å². The molecular formula is C9H16O3. The van der Waals surface area contributed by atoms with Crippen LogP contribution in [0.25, 0.3) is 0 Å². The molecule has 0 aliphatic carbocycles. The normalized spacial score (nSPS) is 12.5. The van der Waals surface area contributed by atoms with Crippen molar-refractivity contribution < 1.29 is 14.7 Å². The predicted molar refractivity (Wildman–Crippen MR) is 45.9 cm³/mol. The second kappa shape index (κ2) is 5.75. The van der Waals surface area contributed by atoms with E-state index in [0.717, 1.165) is 6.42 Å². The van der Waals surface area contributed by atoms with Crippen LogP contribution in [0.2, 0.25) is 0 Å². The second-order valence-electron chi connectivity index (χ2n) is 3.06. The zero-order valence-electron chi connectivity index (χ0n) is 7.67. The molecular weight excluding hydrogens is 156 g/mol. The van der Waals surface area contributed by atoms with Crippen molar-refractivity contribution in [2.75, 3.05) is 0 Å². The van der Waals surface area contributed by atoms with Gasteiger partial charge in [-0.15, -0.1) is 0 Å². The van der Waals surface area contributed by atoms with Crippen LogP contribution in [0.4, 0.5) is 0 Å². The molecule has 3 nitrogen and oxygen atoms in total. The highest BCUT2D eigenvalue weighted by Gasteiger charge is 2.16. The lowest BCUT2D eigenvalue weighted by atomic mass is 9.97. The van der Waals surface area contributed by atoms with E-state index in [9.17, 15) is 9.59 Å². The molecule has 0 spiro atoms. The molecule has 0 saturated heterocycles. The Hall–Kier alpha value is -0.860. The molecule has 0 unspecified atom stereocenters. The van der Waals surface area contributed by atoms with E-state index < -0.39 is 5.97 Å². The summed E-state index contributed by atoms with van der Waals surface area (Å²) >= 11 is 0. The molecule has 12 heavy (non-hydrogen) atoms. The largest absolute Gasteiger partial charge is 0.481 e. The lowest BCUT2D eigenvalue weighted by Gasteiger charge is -2.08. The van der Waals surface area contributed by atoms with E-state index in [1.54, 1.807) is 0 Å². The van der Waals surface area contributed by atoms with Gasteiger partial charge in [-0.2, -0.15) is 0 Å². The molecule has 0 aromatic rings. The molecule has 0 heterocycles. The molecule has 0 radical (unpaired) electrons. The van der Waals surface area contributed by atoms with Gasteiger partial charge in [0, 0.05) is 6.42 Å². The molecule has 0 aliphatic heterocycles. The predicted octanol–water partition coefficient (Wildman–Crippen LogP) is 1.86. The minimum absolute atomic E-state index is 0.0670. The van der Waals surface area contributed by atoms with E-state index in [1.165, 1.54) is 6.92 Å². The molecule has 0 aliphatic rings. The maximum Gasteiger partial charge on any atom is 0.306 e. The molecule has 0 amide bonds. The summed E-state index contributed by atoms with van der Waals surface area (Å²) in [7, 11) is 0. The zero-order valence-corrected chi connectivity index (χ0v) is 7.67. The highest BCUT2D eigenvalue weighted by atomic mass is 16.4. The van der Waals surface area contributed by atoms with Crippen LogP contribution >= 0.6 is 0 Å². The number of carbonyl (C=O) groups excluding carboxylic acids is 1. The zero-order chi connectivity index (χ0) is 9.56. The smallest absolute Gasteiger partial charge is 0.306 e. The molecule has 70 valence electrons. The summed E-state index contributed by atoms with van der Waals surface area (Å²) in [5.41, 5.74) is 0. The van der Waals surface area contributed by atoms with E-state index in [-0.39, 0.29) is 11.7 Å². The number of Topliss-reactive ketones (excluding diaryl/α,β-unsaturated/α-hetero) is 1. The first-order valence-corrected chi connectivity index (χ1v) is 4.30. The Balaban J connectivity index is 3.79. The second-order valence-corrected chi connectivity index (χ2v) is 3.06. The van der Waals surface area contributed by atoms with Gasteiger partial charge in [-0.25, -0.2) is 0 Å². The summed E-state index contributed by atoms with van der Waals surface area (Å²) in [6.45, 7) is 3.44. The minimum Gasteiger partial charge on any atom is -0.481 e. The van der Waals surface area contributed by atoms with Crippen molar-refractivity contribution in [3.8, 4) is 0 Å². The van der Waals surface area contributed by atoms with Crippen molar-refractivity contribution >= 4 is 11.8 Å². The molecule has 3 heteroatoms. The highest BCUT2D eigenvalue weighted by molar-refractivity contribution is 5.76. The first kappa shape index (κ1) is 11.1. The average molecular weight is 172 g/mol. The van der Waals surface area contributed by atoms with E-state index in [1.807, 2.05) is 6.92 Å². The van der Waals surface area contributed by atoms with Crippen LogP contribution in [0.1, 0.15) is 39.5 Å². The van der Waals surface area contributed by atoms with Crippen LogP contribution in [-0.2, 0) is 9.59 Å². The van der Waals surface area contributed by atoms with Crippen LogP contribution in [0.3, 0.4) is 0 Å². The SMILES string of the molecule is CCC[C@@H](CCC(C)=O)C(=O)O. The Labute approximate surface area is 72.8 Å². The lowest BCUT2D eigenvalue weighted by molar-refractivity contribution is -0.142. The van der Waals surface area contributed by atoms with Gasteiger partial charge in [0.2, 0.25) is 0 Å². The Kier molecular flexibility index (Phi) is 5.34. The summed E-state index contributed by atoms with van der Waals surface area (Å²) in [4.78, 5) is 21.2. The molecule has 0 saturated carbocycles. The third-order valence-corrected chi connectivity index (χ3v) is 1.83. The summed E-state index contributed by atoms with van der Waals surface area (Å²) in [5, 5.41) is 8.71. The van der Waals surface area contributed by atoms with Gasteiger partial charge >= 0.3 is 5.97 Å². The highest BCUT2D eigenvalue weighted by Crippen LogP contribution is 2.13. The van der Waals surface area contributed by atoms with Gasteiger partial charge < -0.3 is 9.90 Å². The van der Waals surface area contributed by atoms with Crippen LogP contribution < -0.4 is 0 Å². The summed E-state index contributed by atoms with van der Waals surface area (Å²) in [6.07, 6.45) is 2.40. The fourth-order valence-corrected chi connectivity index (χ4v) is 1.12. The monoisotopic (exact) mass is 172 g/mol. The molecule has 0 aromatic heterocycles. The fraction of sp³-hybridized carbons (Fsp3) is 0.778. The van der Waals surface area contributed by atoms with E-state index >= 15 is 0 Å². The average Bonchev–Trinajstić information content (AvgIpc) is 1.96. The summed E-state index contributed by atoms with van der Waals surface area (Å²) in [5.74, 6) is -1.05. The fourth-order valence-electron chi connectivity index (χ4n) is 1.12. The van der Waals surface area contributed by atoms with Crippen molar-refractivity contribution in [2.24, 2.45) is 5.92 Å². The summed E-state index contributed by atoms with van der Waals surface area (Å²) in [6, 6.07) is 0. The maximum absolute atomic E-state index is 10.6. The maximum atomic E-state index is 10.6. The van der Waals surface area contributed by atoms with Gasteiger partial charge in [-0.3, -0.25) is 4.79 Å². The number of hydrogen-bond donors (Lipinski definition) is 1. The first-order valence-electron chi connectivity index (χ1n) is 4.30. The third-order valence-electron chi connectivity index (χ3n) is 1.83. The van der Waals surface area contributed by atoms with Crippen LogP contribution in [0.5, 0.6) is 0 Å². The number of rotatable bonds is 6. The number of carboxylic acid groups (broad SMARTS) is 1. The standard InChI is InChI=1S/C9H16O3/c1-3-4-8(9(11)12)6-5-7(2)10/h8H,3-6H2,1-2H3,(H,11,12)/t8-/m0/s1. The van der Waals surface area contributed by atoms with Gasteiger partial charge in [0.15, 0.2) is 0 Å². The van der Waals surface area contributed by atoms with Crippen LogP contribution in [0, 0.1) is 5.92 Å². The number of hydrogen-bond acceptors (Lipinski definition) is 2. The summed E-state index contributed by atoms with van der Waals surface area (Å²) < 4.78 is 0. The van der Waals surface area contributed by atoms with Crippen molar-refractivity contribution in [1.82, 2.24) is 0 Å². The van der Waals surface area contributed by atoms with E-state index in [4.69, 9.17) is 5.11 Å². The van der Waals surface area contributed by atoms with Crippen molar-refractivity contribution in [1.29, 1.82) is 0 Å². The van der Waals surface area contributed by atoms with Crippen molar-refractivity contribution in [2.45, 2.75) is 39.5 Å². The number of carbonyl (C=O) groups is 2. The minimum atomic E-state index is -0.780. The van der Waals surface area contributed by atoms with Gasteiger partial charge in [0.25, 0.3) is 0 Å². The van der Waals surface area contributed by atoms with Gasteiger partial charge in [-0.05, 0) is 19.8 Å². The Bertz CT molecular complexity index is 163. The topological polar surface area (TPSA) is 54.4 Å². The van der Waals surface area contributed by atoms with E-state index in [2.05, 4.69) is 0 Å². The van der Waals surface area contributed by atoms with Crippen molar-refractivity contribution in [3.63, 3.8) is 0 Å². The number of ketones is 1. The van der Waals surface area contributed by atoms with Crippen LogP contribution in [0.15, 0.2) is 0 Å². The van der Waals surface area contributed by atoms with Gasteiger partial charge in [-0.1, -0.05) is 13.3 Å². The van der Waals surface area contributed by atoms with Gasteiger partial charge in [0.1, 0.15) is 5.78 Å². The molecule has 0 bridgehead atoms. The third kappa shape index (κ3) is 4.88. The van der Waals surface area contributed by atoms with Gasteiger partial charge in [0.05, 0.1) is 5.92 Å². The molecule has 1 atom stereocenters. The Morgan fingerprint density at radius 3 is 2.25 bits per heavy atom. The molecule has 1 N–H and O–H groups in total. The Morgan fingerprint density at radius 1 is 1.33 bits per heavy atom. The molecule has 0 rings (SSSR count). The van der Waals surface area contributed by atoms with Crippen molar-refractivity contribution in [3.05, 3.63) is 0 Å². The lowest BCUT2D eigenvalue weighted by Crippen LogP contribution is -2.14. The molecule has 0 aromatic carbocycles.